The van der Waals surface area contributed by atoms with E-state index < -0.39 is 11.9 Å². The van der Waals surface area contributed by atoms with Crippen LogP contribution in [0, 0.1) is 5.92 Å². The van der Waals surface area contributed by atoms with Gasteiger partial charge in [0.1, 0.15) is 5.54 Å². The minimum Gasteiger partial charge on any atom is -0.365 e. The van der Waals surface area contributed by atoms with Gasteiger partial charge in [-0.25, -0.2) is 0 Å². The molecule has 2 heterocycles. The molecular weight excluding hydrogens is 415 g/mol. The summed E-state index contributed by atoms with van der Waals surface area (Å²) in [6.45, 7) is 3.96. The van der Waals surface area contributed by atoms with Crippen molar-refractivity contribution in [1.82, 2.24) is 15.5 Å². The van der Waals surface area contributed by atoms with E-state index in [0.29, 0.717) is 36.1 Å². The van der Waals surface area contributed by atoms with Gasteiger partial charge in [-0.15, -0.1) is 0 Å². The normalized spacial score (nSPS) is 29.9. The van der Waals surface area contributed by atoms with Crippen molar-refractivity contribution in [3.63, 3.8) is 0 Å². The molecule has 3 aliphatic rings. The van der Waals surface area contributed by atoms with Crippen LogP contribution in [0.5, 0.6) is 0 Å². The van der Waals surface area contributed by atoms with E-state index >= 15 is 0 Å². The van der Waals surface area contributed by atoms with Crippen LogP contribution in [0.1, 0.15) is 32.6 Å². The number of aliphatic hydroxyl groups is 1. The standard InChI is InChI=1S/C20H26Cl2N4O3/c1-12-11-25(6-7-26(12)16-9-14(21)8-15(22)10-16)17(27)4-5-20(13-2-3-13)18(28)23-19(29)24-20/h8-10,12-13,19,24,29H,2-7,11H2,1H3,(H,23,28). The highest BCUT2D eigenvalue weighted by Gasteiger charge is 2.55. The maximum absolute atomic E-state index is 12.9. The third-order valence-electron chi connectivity index (χ3n) is 6.23. The SMILES string of the molecule is CC1CN(C(=O)CCC2(C3CC3)NC(O)NC2=O)CCN1c1cc(Cl)cc(Cl)c1. The van der Waals surface area contributed by atoms with Crippen LogP contribution in [0.25, 0.3) is 0 Å². The smallest absolute Gasteiger partial charge is 0.243 e. The monoisotopic (exact) mass is 440 g/mol. The number of amides is 2. The van der Waals surface area contributed by atoms with Crippen molar-refractivity contribution in [1.29, 1.82) is 0 Å². The Labute approximate surface area is 180 Å². The van der Waals surface area contributed by atoms with Gasteiger partial charge < -0.3 is 20.2 Å². The van der Waals surface area contributed by atoms with E-state index in [1.165, 1.54) is 0 Å². The van der Waals surface area contributed by atoms with Crippen molar-refractivity contribution in [3.8, 4) is 0 Å². The number of anilines is 1. The maximum Gasteiger partial charge on any atom is 0.243 e. The fourth-order valence-electron chi connectivity index (χ4n) is 4.60. The molecule has 0 radical (unpaired) electrons. The molecule has 29 heavy (non-hydrogen) atoms. The Hall–Kier alpha value is -1.54. The number of aliphatic hydroxyl groups excluding tert-OH is 1. The number of rotatable bonds is 5. The van der Waals surface area contributed by atoms with Crippen LogP contribution in [-0.4, -0.2) is 59.4 Å². The first-order chi connectivity index (χ1) is 13.8. The molecule has 2 amide bonds. The fraction of sp³-hybridized carbons (Fsp3) is 0.600. The van der Waals surface area contributed by atoms with Crippen molar-refractivity contribution >= 4 is 40.7 Å². The van der Waals surface area contributed by atoms with Crippen LogP contribution >= 0.6 is 23.2 Å². The van der Waals surface area contributed by atoms with Crippen LogP contribution in [0.3, 0.4) is 0 Å². The van der Waals surface area contributed by atoms with Crippen molar-refractivity contribution < 1.29 is 14.7 Å². The lowest BCUT2D eigenvalue weighted by atomic mass is 9.87. The topological polar surface area (TPSA) is 84.9 Å². The number of halogens is 2. The highest BCUT2D eigenvalue weighted by Crippen LogP contribution is 2.44. The Morgan fingerprint density at radius 1 is 1.24 bits per heavy atom. The third kappa shape index (κ3) is 4.19. The van der Waals surface area contributed by atoms with Gasteiger partial charge in [0.05, 0.1) is 0 Å². The summed E-state index contributed by atoms with van der Waals surface area (Å²) in [5.41, 5.74) is 0.135. The zero-order valence-electron chi connectivity index (χ0n) is 16.3. The summed E-state index contributed by atoms with van der Waals surface area (Å²) >= 11 is 12.3. The van der Waals surface area contributed by atoms with Gasteiger partial charge in [0.25, 0.3) is 0 Å². The maximum atomic E-state index is 12.9. The third-order valence-corrected chi connectivity index (χ3v) is 6.67. The van der Waals surface area contributed by atoms with Crippen molar-refractivity contribution in [2.24, 2.45) is 5.92 Å². The Morgan fingerprint density at radius 2 is 1.93 bits per heavy atom. The Balaban J connectivity index is 1.36. The molecule has 1 aromatic carbocycles. The molecule has 1 aliphatic carbocycles. The van der Waals surface area contributed by atoms with E-state index in [9.17, 15) is 14.7 Å². The molecule has 2 aliphatic heterocycles. The zero-order chi connectivity index (χ0) is 20.8. The lowest BCUT2D eigenvalue weighted by Gasteiger charge is -2.41. The fourth-order valence-corrected chi connectivity index (χ4v) is 5.12. The van der Waals surface area contributed by atoms with E-state index in [4.69, 9.17) is 23.2 Å². The van der Waals surface area contributed by atoms with Gasteiger partial charge in [-0.1, -0.05) is 23.2 Å². The lowest BCUT2D eigenvalue weighted by molar-refractivity contribution is -0.133. The van der Waals surface area contributed by atoms with E-state index in [1.807, 2.05) is 17.0 Å². The molecule has 0 bridgehead atoms. The number of nitrogens with one attached hydrogen (secondary N) is 2. The van der Waals surface area contributed by atoms with Gasteiger partial charge >= 0.3 is 0 Å². The molecule has 0 spiro atoms. The summed E-state index contributed by atoms with van der Waals surface area (Å²) in [6, 6.07) is 5.60. The van der Waals surface area contributed by atoms with Gasteiger partial charge in [-0.05, 0) is 50.3 Å². The molecule has 3 unspecified atom stereocenters. The summed E-state index contributed by atoms with van der Waals surface area (Å²) in [6.07, 6.45) is 1.53. The number of benzene rings is 1. The van der Waals surface area contributed by atoms with Gasteiger partial charge in [-0.3, -0.25) is 14.9 Å². The van der Waals surface area contributed by atoms with Crippen molar-refractivity contribution in [2.75, 3.05) is 24.5 Å². The summed E-state index contributed by atoms with van der Waals surface area (Å²) in [5, 5.41) is 16.5. The van der Waals surface area contributed by atoms with E-state index in [2.05, 4.69) is 22.5 Å². The molecule has 3 fully saturated rings. The number of nitrogens with zero attached hydrogens (tertiary/aromatic N) is 2. The number of hydrogen-bond donors (Lipinski definition) is 3. The summed E-state index contributed by atoms with van der Waals surface area (Å²) in [7, 11) is 0. The van der Waals surface area contributed by atoms with E-state index in [1.54, 1.807) is 6.07 Å². The van der Waals surface area contributed by atoms with E-state index in [0.717, 1.165) is 18.5 Å². The molecule has 1 saturated carbocycles. The minimum absolute atomic E-state index is 0.0386. The second kappa shape index (κ2) is 7.95. The Bertz CT molecular complexity index is 799. The largest absolute Gasteiger partial charge is 0.365 e. The van der Waals surface area contributed by atoms with Crippen LogP contribution in [0.4, 0.5) is 5.69 Å². The molecule has 1 aromatic rings. The highest BCUT2D eigenvalue weighted by atomic mass is 35.5. The Kier molecular flexibility index (Phi) is 5.68. The molecule has 7 nitrogen and oxygen atoms in total. The van der Waals surface area contributed by atoms with E-state index in [-0.39, 0.29) is 30.2 Å². The summed E-state index contributed by atoms with van der Waals surface area (Å²) in [5.74, 6) is 0.0313. The summed E-state index contributed by atoms with van der Waals surface area (Å²) in [4.78, 5) is 29.3. The second-order valence-electron chi connectivity index (χ2n) is 8.28. The average Bonchev–Trinajstić information content (AvgIpc) is 3.45. The van der Waals surface area contributed by atoms with Gasteiger partial charge in [-0.2, -0.15) is 0 Å². The first-order valence-corrected chi connectivity index (χ1v) is 10.8. The highest BCUT2D eigenvalue weighted by molar-refractivity contribution is 6.35. The molecule has 3 N–H and O–H groups in total. The predicted molar refractivity (Wildman–Crippen MR) is 112 cm³/mol. The lowest BCUT2D eigenvalue weighted by Crippen LogP contribution is -2.55. The Morgan fingerprint density at radius 3 is 2.48 bits per heavy atom. The molecule has 2 saturated heterocycles. The first kappa shape index (κ1) is 20.7. The first-order valence-electron chi connectivity index (χ1n) is 10.1. The summed E-state index contributed by atoms with van der Waals surface area (Å²) < 4.78 is 0. The average molecular weight is 441 g/mol. The van der Waals surface area contributed by atoms with Gasteiger partial charge in [0.2, 0.25) is 11.8 Å². The molecule has 3 atom stereocenters. The molecule has 9 heteroatoms. The number of carbonyl (C=O) groups is 2. The quantitative estimate of drug-likeness (QED) is 0.651. The van der Waals surface area contributed by atoms with Crippen LogP contribution in [0.2, 0.25) is 10.0 Å². The molecule has 0 aromatic heterocycles. The van der Waals surface area contributed by atoms with Gasteiger partial charge in [0.15, 0.2) is 6.35 Å². The molecule has 4 rings (SSSR count). The predicted octanol–water partition coefficient (Wildman–Crippen LogP) is 1.95. The van der Waals surface area contributed by atoms with Crippen LogP contribution in [-0.2, 0) is 9.59 Å². The van der Waals surface area contributed by atoms with Crippen LogP contribution in [0.15, 0.2) is 18.2 Å². The van der Waals surface area contributed by atoms with Crippen LogP contribution < -0.4 is 15.5 Å². The van der Waals surface area contributed by atoms with Crippen molar-refractivity contribution in [3.05, 3.63) is 28.2 Å². The zero-order valence-corrected chi connectivity index (χ0v) is 17.8. The van der Waals surface area contributed by atoms with Crippen molar-refractivity contribution in [2.45, 2.75) is 50.5 Å². The number of piperazine rings is 1. The second-order valence-corrected chi connectivity index (χ2v) is 9.15. The van der Waals surface area contributed by atoms with Gasteiger partial charge in [0, 0.05) is 47.8 Å². The molecule has 158 valence electrons. The minimum atomic E-state index is -1.04. The number of hydrogen-bond acceptors (Lipinski definition) is 5. The number of carbonyl (C=O) groups excluding carboxylic acids is 2. The molecular formula is C20H26Cl2N4O3.